The van der Waals surface area contributed by atoms with Gasteiger partial charge in [0, 0.05) is 24.5 Å². The van der Waals surface area contributed by atoms with Crippen molar-refractivity contribution in [2.24, 2.45) is 11.8 Å². The molecule has 5 nitrogen and oxygen atoms in total. The van der Waals surface area contributed by atoms with Crippen LogP contribution in [0.1, 0.15) is 77.3 Å². The molecule has 210 valence electrons. The highest BCUT2D eigenvalue weighted by molar-refractivity contribution is 5.87. The lowest BCUT2D eigenvalue weighted by molar-refractivity contribution is -0.153. The normalized spacial score (nSPS) is 16.3. The summed E-state index contributed by atoms with van der Waals surface area (Å²) in [5.41, 5.74) is 1.49. The summed E-state index contributed by atoms with van der Waals surface area (Å²) in [6.45, 7) is 11.8. The lowest BCUT2D eigenvalue weighted by Gasteiger charge is -2.30. The SMILES string of the molecule is C=C(C)C(=O)OC(C)(C)C(C=Cc1ccc(O)cc1)C=Cc1ccc(OC(CC2CCCCC2)OCC)cc1. The van der Waals surface area contributed by atoms with Crippen LogP contribution < -0.4 is 4.74 Å². The van der Waals surface area contributed by atoms with E-state index in [4.69, 9.17) is 14.2 Å². The van der Waals surface area contributed by atoms with Crippen LogP contribution in [0.15, 0.2) is 72.8 Å². The molecule has 2 aromatic carbocycles. The van der Waals surface area contributed by atoms with E-state index in [1.807, 2.05) is 81.5 Å². The number of phenolic OH excluding ortho intramolecular Hbond substituents is 1. The minimum Gasteiger partial charge on any atom is -0.508 e. The Balaban J connectivity index is 1.72. The van der Waals surface area contributed by atoms with Crippen LogP contribution in [0.2, 0.25) is 0 Å². The van der Waals surface area contributed by atoms with Crippen LogP contribution in [0.5, 0.6) is 11.5 Å². The molecule has 39 heavy (non-hydrogen) atoms. The van der Waals surface area contributed by atoms with Gasteiger partial charge in [0.1, 0.15) is 17.1 Å². The fourth-order valence-corrected chi connectivity index (χ4v) is 4.78. The molecule has 0 aliphatic heterocycles. The molecule has 2 unspecified atom stereocenters. The summed E-state index contributed by atoms with van der Waals surface area (Å²) in [4.78, 5) is 12.3. The summed E-state index contributed by atoms with van der Waals surface area (Å²) >= 11 is 0. The Morgan fingerprint density at radius 2 is 1.56 bits per heavy atom. The van der Waals surface area contributed by atoms with Crippen LogP contribution in [0.3, 0.4) is 0 Å². The molecule has 1 fully saturated rings. The van der Waals surface area contributed by atoms with Crippen molar-refractivity contribution >= 4 is 18.1 Å². The highest BCUT2D eigenvalue weighted by atomic mass is 16.7. The lowest BCUT2D eigenvalue weighted by atomic mass is 9.87. The Labute approximate surface area is 234 Å². The van der Waals surface area contributed by atoms with Gasteiger partial charge < -0.3 is 19.3 Å². The summed E-state index contributed by atoms with van der Waals surface area (Å²) in [6, 6.07) is 14.9. The van der Waals surface area contributed by atoms with Gasteiger partial charge in [-0.25, -0.2) is 4.79 Å². The maximum Gasteiger partial charge on any atom is 0.333 e. The Kier molecular flexibility index (Phi) is 11.4. The van der Waals surface area contributed by atoms with Gasteiger partial charge in [-0.15, -0.1) is 0 Å². The highest BCUT2D eigenvalue weighted by Gasteiger charge is 2.30. The quantitative estimate of drug-likeness (QED) is 0.160. The van der Waals surface area contributed by atoms with Crippen LogP contribution >= 0.6 is 0 Å². The van der Waals surface area contributed by atoms with Crippen LogP contribution in [-0.4, -0.2) is 29.6 Å². The molecular formula is C34H44O5. The van der Waals surface area contributed by atoms with Crippen molar-refractivity contribution in [1.29, 1.82) is 0 Å². The molecule has 0 amide bonds. The molecule has 0 radical (unpaired) electrons. The zero-order valence-corrected chi connectivity index (χ0v) is 23.9. The summed E-state index contributed by atoms with van der Waals surface area (Å²) in [6.07, 6.45) is 15.2. The third kappa shape index (κ3) is 10.1. The molecule has 2 atom stereocenters. The fraction of sp³-hybridized carbons (Fsp3) is 0.441. The second-order valence-corrected chi connectivity index (χ2v) is 10.9. The Hall–Kier alpha value is -3.31. The molecule has 3 rings (SSSR count). The van der Waals surface area contributed by atoms with Crippen molar-refractivity contribution in [3.8, 4) is 11.5 Å². The number of rotatable bonds is 13. The number of benzene rings is 2. The number of esters is 1. The third-order valence-corrected chi connectivity index (χ3v) is 7.14. The van der Waals surface area contributed by atoms with E-state index in [1.165, 1.54) is 32.1 Å². The van der Waals surface area contributed by atoms with Crippen LogP contribution in [-0.2, 0) is 14.3 Å². The Morgan fingerprint density at radius 1 is 1.00 bits per heavy atom. The predicted molar refractivity (Wildman–Crippen MR) is 158 cm³/mol. The minimum absolute atomic E-state index is 0.216. The number of phenols is 1. The van der Waals surface area contributed by atoms with Crippen molar-refractivity contribution in [3.05, 3.63) is 84.0 Å². The van der Waals surface area contributed by atoms with E-state index in [0.717, 1.165) is 23.3 Å². The average Bonchev–Trinajstić information content (AvgIpc) is 2.91. The summed E-state index contributed by atoms with van der Waals surface area (Å²) in [5.74, 6) is 1.04. The van der Waals surface area contributed by atoms with Crippen molar-refractivity contribution < 1.29 is 24.1 Å². The van der Waals surface area contributed by atoms with E-state index in [1.54, 1.807) is 19.1 Å². The van der Waals surface area contributed by atoms with Gasteiger partial charge in [0.2, 0.25) is 0 Å². The number of aromatic hydroxyl groups is 1. The third-order valence-electron chi connectivity index (χ3n) is 7.14. The minimum atomic E-state index is -0.813. The fourth-order valence-electron chi connectivity index (χ4n) is 4.78. The Bertz CT molecular complexity index is 1110. The van der Waals surface area contributed by atoms with Gasteiger partial charge >= 0.3 is 5.97 Å². The zero-order valence-electron chi connectivity index (χ0n) is 23.9. The van der Waals surface area contributed by atoms with Crippen molar-refractivity contribution in [3.63, 3.8) is 0 Å². The molecule has 0 saturated heterocycles. The van der Waals surface area contributed by atoms with E-state index in [2.05, 4.69) is 6.58 Å². The van der Waals surface area contributed by atoms with Crippen molar-refractivity contribution in [1.82, 2.24) is 0 Å². The molecule has 0 bridgehead atoms. The highest BCUT2D eigenvalue weighted by Crippen LogP contribution is 2.30. The molecule has 5 heteroatoms. The van der Waals surface area contributed by atoms with Gasteiger partial charge in [-0.1, -0.05) is 87.3 Å². The summed E-state index contributed by atoms with van der Waals surface area (Å²) in [7, 11) is 0. The smallest absolute Gasteiger partial charge is 0.333 e. The molecule has 2 aromatic rings. The second kappa shape index (κ2) is 14.7. The van der Waals surface area contributed by atoms with Crippen molar-refractivity contribution in [2.75, 3.05) is 6.61 Å². The molecule has 1 N–H and O–H groups in total. The molecule has 1 saturated carbocycles. The maximum absolute atomic E-state index is 12.3. The standard InChI is InChI=1S/C34H44O5/c1-6-37-32(24-28-10-8-7-9-11-28)38-31-22-16-27(17-23-31)13-19-29(34(4,5)39-33(36)25(2)3)18-12-26-14-20-30(35)21-15-26/h12-23,28-29,32,35H,2,6-11,24H2,1,3-5H3. The Morgan fingerprint density at radius 3 is 2.10 bits per heavy atom. The first-order chi connectivity index (χ1) is 18.7. The van der Waals surface area contributed by atoms with Gasteiger partial charge in [-0.2, -0.15) is 0 Å². The maximum atomic E-state index is 12.3. The monoisotopic (exact) mass is 532 g/mol. The van der Waals surface area contributed by atoms with Crippen LogP contribution in [0, 0.1) is 11.8 Å². The van der Waals surface area contributed by atoms with E-state index >= 15 is 0 Å². The van der Waals surface area contributed by atoms with Crippen LogP contribution in [0.25, 0.3) is 12.2 Å². The summed E-state index contributed by atoms with van der Waals surface area (Å²) < 4.78 is 17.9. The van der Waals surface area contributed by atoms with E-state index in [9.17, 15) is 9.90 Å². The topological polar surface area (TPSA) is 65.0 Å². The predicted octanol–water partition coefficient (Wildman–Crippen LogP) is 8.34. The van der Waals surface area contributed by atoms with Gasteiger partial charge in [-0.05, 0) is 69.0 Å². The zero-order chi connectivity index (χ0) is 28.3. The number of carbonyl (C=O) groups excluding carboxylic acids is 1. The molecule has 0 spiro atoms. The van der Waals surface area contributed by atoms with E-state index in [-0.39, 0.29) is 18.0 Å². The molecular weight excluding hydrogens is 488 g/mol. The average molecular weight is 533 g/mol. The first-order valence-electron chi connectivity index (χ1n) is 14.1. The van der Waals surface area contributed by atoms with E-state index in [0.29, 0.717) is 18.1 Å². The molecule has 1 aliphatic rings. The number of hydrogen-bond acceptors (Lipinski definition) is 5. The number of ether oxygens (including phenoxy) is 3. The summed E-state index contributed by atoms with van der Waals surface area (Å²) in [5, 5.41) is 9.58. The van der Waals surface area contributed by atoms with Crippen LogP contribution in [0.4, 0.5) is 0 Å². The largest absolute Gasteiger partial charge is 0.508 e. The van der Waals surface area contributed by atoms with Gasteiger partial charge in [0.15, 0.2) is 6.29 Å². The van der Waals surface area contributed by atoms with Crippen molar-refractivity contribution in [2.45, 2.75) is 78.1 Å². The number of hydrogen-bond donors (Lipinski definition) is 1. The lowest BCUT2D eigenvalue weighted by Crippen LogP contribution is -2.35. The first-order valence-corrected chi connectivity index (χ1v) is 14.1. The molecule has 0 heterocycles. The second-order valence-electron chi connectivity index (χ2n) is 10.9. The molecule has 1 aliphatic carbocycles. The number of carbonyl (C=O) groups is 1. The van der Waals surface area contributed by atoms with Gasteiger partial charge in [0.25, 0.3) is 0 Å². The van der Waals surface area contributed by atoms with Gasteiger partial charge in [-0.3, -0.25) is 0 Å². The van der Waals surface area contributed by atoms with Gasteiger partial charge in [0.05, 0.1) is 0 Å². The molecule has 0 aromatic heterocycles. The first kappa shape index (κ1) is 30.2. The van der Waals surface area contributed by atoms with E-state index < -0.39 is 11.6 Å².